The van der Waals surface area contributed by atoms with Crippen molar-refractivity contribution in [1.82, 2.24) is 0 Å². The molecule has 0 bridgehead atoms. The van der Waals surface area contributed by atoms with E-state index in [1.807, 2.05) is 0 Å². The molecule has 0 aliphatic carbocycles. The van der Waals surface area contributed by atoms with E-state index in [2.05, 4.69) is 0 Å². The number of aliphatic hydroxyl groups is 1. The summed E-state index contributed by atoms with van der Waals surface area (Å²) in [5.41, 5.74) is 2.10. The number of carbonyl (C=O) groups is 5. The number of nitrogens with two attached hydrogens (primary N) is 1. The summed E-state index contributed by atoms with van der Waals surface area (Å²) in [4.78, 5) is 50.1. The number of hydrogen-bond donors (Lipinski definition) is 7. The molecule has 0 spiro atoms. The van der Waals surface area contributed by atoms with E-state index in [1.54, 1.807) is 0 Å². The topological polar surface area (TPSA) is 264 Å². The number of hydrogen-bond acceptors (Lipinski definition) is 7. The molecule has 10 N–H and O–H groups in total. The Bertz CT molecular complexity index is 443. The van der Waals surface area contributed by atoms with Crippen LogP contribution in [0.25, 0.3) is 0 Å². The van der Waals surface area contributed by atoms with Crippen LogP contribution in [-0.2, 0) is 24.0 Å². The molecule has 0 aliphatic heterocycles. The third kappa shape index (κ3) is 12.7. The van der Waals surface area contributed by atoms with Crippen LogP contribution in [0.5, 0.6) is 0 Å². The second kappa shape index (κ2) is 10.9. The highest BCUT2D eigenvalue weighted by Gasteiger charge is 2.40. The minimum absolute atomic E-state index is 0. The normalized spacial score (nSPS) is 11.0. The summed E-state index contributed by atoms with van der Waals surface area (Å²) >= 11 is 0. The van der Waals surface area contributed by atoms with E-state index in [0.717, 1.165) is 0 Å². The lowest BCUT2D eigenvalue weighted by molar-refractivity contribution is -0.170. The molecule has 13 nitrogen and oxygen atoms in total. The van der Waals surface area contributed by atoms with E-state index in [-0.39, 0.29) is 5.48 Å². The van der Waals surface area contributed by atoms with Crippen molar-refractivity contribution < 1.29 is 60.1 Å². The average Bonchev–Trinajstić information content (AvgIpc) is 2.25. The van der Waals surface area contributed by atoms with Crippen LogP contribution < -0.4 is 5.73 Å². The van der Waals surface area contributed by atoms with Gasteiger partial charge in [-0.3, -0.25) is 19.2 Å². The number of carboxylic acids is 5. The molecule has 0 unspecified atom stereocenters. The summed E-state index contributed by atoms with van der Waals surface area (Å²) in [5, 5.41) is 49.8. The molecule has 0 amide bonds. The van der Waals surface area contributed by atoms with Crippen molar-refractivity contribution in [2.24, 2.45) is 5.73 Å². The maximum Gasteiger partial charge on any atom is 0.336 e. The zero-order chi connectivity index (χ0) is 18.1. The Morgan fingerprint density at radius 1 is 0.826 bits per heavy atom. The molecule has 0 saturated heterocycles. The molecule has 0 aliphatic rings. The van der Waals surface area contributed by atoms with Crippen LogP contribution in [0.1, 0.15) is 19.3 Å². The lowest BCUT2D eigenvalue weighted by Crippen LogP contribution is -2.42. The van der Waals surface area contributed by atoms with Gasteiger partial charge in [0.25, 0.3) is 0 Å². The highest BCUT2D eigenvalue weighted by atomic mass is 16.4. The van der Waals surface area contributed by atoms with Crippen LogP contribution in [-0.4, -0.2) is 77.6 Å². The monoisotopic (exact) mass is 343 g/mol. The lowest BCUT2D eigenvalue weighted by Gasteiger charge is -2.18. The molecule has 0 aromatic rings. The van der Waals surface area contributed by atoms with Crippen LogP contribution in [0.2, 0.25) is 0 Å². The first kappa shape index (κ1) is 25.2. The minimum Gasteiger partial charge on any atom is -0.481 e. The molecule has 0 heterocycles. The third-order valence-electron chi connectivity index (χ3n) is 2.00. The molecule has 0 fully saturated rings. The predicted molar refractivity (Wildman–Crippen MR) is 68.6 cm³/mol. The number of carboxylic acid groups (broad SMARTS) is 5. The second-order valence-electron chi connectivity index (χ2n) is 4.02. The van der Waals surface area contributed by atoms with Gasteiger partial charge in [0.15, 0.2) is 5.60 Å². The Balaban J connectivity index is -0.000000354. The van der Waals surface area contributed by atoms with Crippen molar-refractivity contribution in [3.8, 4) is 0 Å². The van der Waals surface area contributed by atoms with Crippen LogP contribution in [0.4, 0.5) is 0 Å². The van der Waals surface area contributed by atoms with Crippen LogP contribution in [0.15, 0.2) is 0 Å². The Kier molecular flexibility index (Phi) is 11.9. The van der Waals surface area contributed by atoms with E-state index in [9.17, 15) is 24.0 Å². The van der Waals surface area contributed by atoms with Gasteiger partial charge in [-0.2, -0.15) is 0 Å². The van der Waals surface area contributed by atoms with E-state index < -0.39 is 60.8 Å². The first-order valence-corrected chi connectivity index (χ1v) is 5.41. The smallest absolute Gasteiger partial charge is 0.336 e. The first-order valence-electron chi connectivity index (χ1n) is 5.41. The van der Waals surface area contributed by atoms with Gasteiger partial charge in [0.05, 0.1) is 19.3 Å². The molecule has 23 heavy (non-hydrogen) atoms. The van der Waals surface area contributed by atoms with Crippen molar-refractivity contribution in [3.05, 3.63) is 0 Å². The van der Waals surface area contributed by atoms with Gasteiger partial charge in [-0.05, 0) is 0 Å². The average molecular weight is 343 g/mol. The molecule has 134 valence electrons. The minimum atomic E-state index is -2.74. The molecular weight excluding hydrogens is 326 g/mol. The zero-order valence-electron chi connectivity index (χ0n) is 11.5. The Labute approximate surface area is 127 Å². The van der Waals surface area contributed by atoms with Crippen molar-refractivity contribution in [3.63, 3.8) is 0 Å². The first-order chi connectivity index (χ1) is 9.81. The van der Waals surface area contributed by atoms with Gasteiger partial charge >= 0.3 is 29.8 Å². The molecule has 0 aromatic heterocycles. The standard InChI is InChI=1S/C6H8O7.C4H7NO4.H2O/c7-3(8)1-6(13,5(11)12)2-4(9)10;5-2(4(8)9)1-3(6)7;/h13H,1-2H2,(H,7,8)(H,9,10)(H,11,12);2H,1,5H2,(H,6,7)(H,8,9);1H2/t;2-;/m.0./s1. The fraction of sp³-hybridized carbons (Fsp3) is 0.500. The van der Waals surface area contributed by atoms with Crippen molar-refractivity contribution in [1.29, 1.82) is 0 Å². The van der Waals surface area contributed by atoms with Gasteiger partial charge in [0.2, 0.25) is 0 Å². The molecule has 0 aromatic carbocycles. The quantitative estimate of drug-likeness (QED) is 0.229. The Morgan fingerprint density at radius 2 is 1.17 bits per heavy atom. The van der Waals surface area contributed by atoms with Crippen molar-refractivity contribution >= 4 is 29.8 Å². The van der Waals surface area contributed by atoms with Gasteiger partial charge in [0.1, 0.15) is 6.04 Å². The summed E-state index contributed by atoms with van der Waals surface area (Å²) in [7, 11) is 0. The molecule has 0 rings (SSSR count). The second-order valence-corrected chi connectivity index (χ2v) is 4.02. The van der Waals surface area contributed by atoms with Crippen LogP contribution in [0.3, 0.4) is 0 Å². The van der Waals surface area contributed by atoms with Gasteiger partial charge in [-0.25, -0.2) is 4.79 Å². The zero-order valence-corrected chi connectivity index (χ0v) is 11.5. The number of rotatable bonds is 8. The Hall–Kier alpha value is -2.77. The van der Waals surface area contributed by atoms with E-state index in [1.165, 1.54) is 0 Å². The van der Waals surface area contributed by atoms with Gasteiger partial charge in [-0.15, -0.1) is 0 Å². The third-order valence-corrected chi connectivity index (χ3v) is 2.00. The molecule has 1 atom stereocenters. The van der Waals surface area contributed by atoms with Gasteiger partial charge < -0.3 is 41.8 Å². The van der Waals surface area contributed by atoms with Crippen molar-refractivity contribution in [2.45, 2.75) is 30.9 Å². The fourth-order valence-corrected chi connectivity index (χ4v) is 0.990. The molecule has 0 saturated carbocycles. The summed E-state index contributed by atoms with van der Waals surface area (Å²) in [6.45, 7) is 0. The van der Waals surface area contributed by atoms with E-state index in [0.29, 0.717) is 0 Å². The summed E-state index contributed by atoms with van der Waals surface area (Å²) < 4.78 is 0. The SMILES string of the molecule is N[C@@H](CC(=O)O)C(=O)O.O.O=C(O)CC(O)(CC(=O)O)C(=O)O. The number of aliphatic carboxylic acids is 5. The van der Waals surface area contributed by atoms with Crippen molar-refractivity contribution in [2.75, 3.05) is 0 Å². The van der Waals surface area contributed by atoms with Gasteiger partial charge in [0, 0.05) is 0 Å². The summed E-state index contributed by atoms with van der Waals surface area (Å²) in [6.07, 6.45) is -2.82. The van der Waals surface area contributed by atoms with E-state index >= 15 is 0 Å². The Morgan fingerprint density at radius 3 is 1.30 bits per heavy atom. The molecule has 0 radical (unpaired) electrons. The van der Waals surface area contributed by atoms with Crippen LogP contribution >= 0.6 is 0 Å². The highest BCUT2D eigenvalue weighted by Crippen LogP contribution is 2.15. The predicted octanol–water partition coefficient (Wildman–Crippen LogP) is -3.20. The fourth-order valence-electron chi connectivity index (χ4n) is 0.990. The maximum atomic E-state index is 10.3. The maximum absolute atomic E-state index is 10.3. The van der Waals surface area contributed by atoms with Crippen LogP contribution in [0, 0.1) is 0 Å². The summed E-state index contributed by atoms with van der Waals surface area (Å²) in [6, 6.07) is -1.29. The summed E-state index contributed by atoms with van der Waals surface area (Å²) in [5.74, 6) is -7.52. The molecular formula is C10H17NO12. The van der Waals surface area contributed by atoms with Gasteiger partial charge in [-0.1, -0.05) is 0 Å². The lowest BCUT2D eigenvalue weighted by atomic mass is 9.96. The molecule has 13 heteroatoms. The highest BCUT2D eigenvalue weighted by molar-refractivity contribution is 5.88. The van der Waals surface area contributed by atoms with E-state index in [4.69, 9.17) is 36.4 Å². The largest absolute Gasteiger partial charge is 0.481 e.